The molecule has 1 N–H and O–H groups in total. The van der Waals surface area contributed by atoms with Gasteiger partial charge >= 0.3 is 0 Å². The molecule has 0 bridgehead atoms. The molecule has 0 spiro atoms. The molecule has 0 saturated carbocycles. The predicted molar refractivity (Wildman–Crippen MR) is 93.0 cm³/mol. The number of para-hydroxylation sites is 1. The van der Waals surface area contributed by atoms with Gasteiger partial charge in [-0.2, -0.15) is 5.10 Å². The maximum Gasteiger partial charge on any atom is 0.258 e. The van der Waals surface area contributed by atoms with Gasteiger partial charge < -0.3 is 5.32 Å². The summed E-state index contributed by atoms with van der Waals surface area (Å²) in [5.41, 5.74) is 1.18. The van der Waals surface area contributed by atoms with Gasteiger partial charge in [-0.3, -0.25) is 9.59 Å². The Bertz CT molecular complexity index is 629. The molecule has 0 unspecified atom stereocenters. The molecule has 0 radical (unpaired) electrons. The fraction of sp³-hybridized carbons (Fsp3) is 0.400. The number of anilines is 1. The minimum Gasteiger partial charge on any atom is -0.348 e. The first kappa shape index (κ1) is 18.0. The van der Waals surface area contributed by atoms with Crippen molar-refractivity contribution in [3.8, 4) is 0 Å². The van der Waals surface area contributed by atoms with Crippen molar-refractivity contribution < 1.29 is 9.59 Å². The van der Waals surface area contributed by atoms with Gasteiger partial charge in [-0.25, -0.2) is 5.01 Å². The number of benzene rings is 1. The van der Waals surface area contributed by atoms with E-state index in [1.165, 1.54) is 11.9 Å². The number of hydrogen-bond acceptors (Lipinski definition) is 3. The standard InChI is InChI=1S/C15H16Cl3N3O2/c1-3-11-12(13(15(16,17)18)19-9(2)22)14(23)21(20-11)10-7-5-4-6-8-10/h4-8,12-13H,3H2,1-2H3,(H,19,22)/t12-,13+/m0/s1. The number of hydrazone groups is 1. The van der Waals surface area contributed by atoms with Crippen molar-refractivity contribution in [2.45, 2.75) is 30.1 Å². The van der Waals surface area contributed by atoms with Crippen LogP contribution in [0.1, 0.15) is 20.3 Å². The topological polar surface area (TPSA) is 61.8 Å². The Balaban J connectivity index is 2.40. The summed E-state index contributed by atoms with van der Waals surface area (Å²) in [6.45, 7) is 3.16. The molecule has 0 aliphatic carbocycles. The predicted octanol–water partition coefficient (Wildman–Crippen LogP) is 3.29. The van der Waals surface area contributed by atoms with E-state index in [4.69, 9.17) is 34.8 Å². The Morgan fingerprint density at radius 3 is 2.43 bits per heavy atom. The van der Waals surface area contributed by atoms with Crippen LogP contribution in [0.3, 0.4) is 0 Å². The summed E-state index contributed by atoms with van der Waals surface area (Å²) < 4.78 is -1.84. The number of alkyl halides is 3. The van der Waals surface area contributed by atoms with Gasteiger partial charge in [0.05, 0.1) is 17.4 Å². The van der Waals surface area contributed by atoms with Gasteiger partial charge in [-0.15, -0.1) is 0 Å². The zero-order valence-corrected chi connectivity index (χ0v) is 14.9. The Kier molecular flexibility index (Phi) is 5.55. The molecule has 23 heavy (non-hydrogen) atoms. The number of amides is 2. The highest BCUT2D eigenvalue weighted by Gasteiger charge is 2.49. The van der Waals surface area contributed by atoms with Gasteiger partial charge in [-0.1, -0.05) is 59.9 Å². The summed E-state index contributed by atoms with van der Waals surface area (Å²) in [5, 5.41) is 8.21. The molecule has 2 amide bonds. The zero-order chi connectivity index (χ0) is 17.2. The summed E-state index contributed by atoms with van der Waals surface area (Å²) in [4.78, 5) is 24.3. The number of nitrogens with zero attached hydrogens (tertiary/aromatic N) is 2. The molecule has 0 fully saturated rings. The van der Waals surface area contributed by atoms with Crippen molar-refractivity contribution in [2.24, 2.45) is 11.0 Å². The van der Waals surface area contributed by atoms with Crippen LogP contribution in [-0.2, 0) is 9.59 Å². The second kappa shape index (κ2) is 7.07. The molecule has 8 heteroatoms. The second-order valence-electron chi connectivity index (χ2n) is 5.13. The van der Waals surface area contributed by atoms with Gasteiger partial charge in [0.25, 0.3) is 5.91 Å². The Hall–Kier alpha value is -1.30. The lowest BCUT2D eigenvalue weighted by Gasteiger charge is -2.30. The Labute approximate surface area is 149 Å². The van der Waals surface area contributed by atoms with Crippen LogP contribution in [-0.4, -0.2) is 27.4 Å². The number of hydrogen-bond donors (Lipinski definition) is 1. The molecule has 0 aromatic heterocycles. The molecule has 1 aromatic rings. The van der Waals surface area contributed by atoms with E-state index in [1.807, 2.05) is 13.0 Å². The van der Waals surface area contributed by atoms with Crippen molar-refractivity contribution in [3.63, 3.8) is 0 Å². The highest BCUT2D eigenvalue weighted by molar-refractivity contribution is 6.68. The Morgan fingerprint density at radius 2 is 1.96 bits per heavy atom. The maximum atomic E-state index is 12.8. The lowest BCUT2D eigenvalue weighted by Crippen LogP contribution is -2.53. The van der Waals surface area contributed by atoms with Gasteiger partial charge in [0.15, 0.2) is 0 Å². The first-order valence-corrected chi connectivity index (χ1v) is 8.19. The highest BCUT2D eigenvalue weighted by Crippen LogP contribution is 2.38. The van der Waals surface area contributed by atoms with E-state index in [1.54, 1.807) is 24.3 Å². The first-order valence-electron chi connectivity index (χ1n) is 7.06. The molecule has 1 aliphatic heterocycles. The van der Waals surface area contributed by atoms with Crippen LogP contribution < -0.4 is 10.3 Å². The molecule has 124 valence electrons. The van der Waals surface area contributed by atoms with Crippen molar-refractivity contribution >= 4 is 58.0 Å². The SMILES string of the molecule is CCC1=NN(c2ccccc2)C(=O)[C@@H]1[C@@H](NC(C)=O)C(Cl)(Cl)Cl. The number of halogens is 3. The third kappa shape index (κ3) is 3.97. The van der Waals surface area contributed by atoms with Crippen LogP contribution >= 0.6 is 34.8 Å². The zero-order valence-electron chi connectivity index (χ0n) is 12.6. The van der Waals surface area contributed by atoms with E-state index < -0.39 is 15.8 Å². The summed E-state index contributed by atoms with van der Waals surface area (Å²) in [6, 6.07) is 7.98. The van der Waals surface area contributed by atoms with Crippen molar-refractivity contribution in [1.29, 1.82) is 0 Å². The third-order valence-electron chi connectivity index (χ3n) is 3.47. The molecule has 1 aliphatic rings. The van der Waals surface area contributed by atoms with E-state index in [0.717, 1.165) is 0 Å². The molecule has 0 saturated heterocycles. The fourth-order valence-corrected chi connectivity index (χ4v) is 3.01. The number of rotatable bonds is 4. The second-order valence-corrected chi connectivity index (χ2v) is 7.50. The summed E-state index contributed by atoms with van der Waals surface area (Å²) in [6.07, 6.45) is 0.497. The quantitative estimate of drug-likeness (QED) is 0.820. The minimum absolute atomic E-state index is 0.335. The van der Waals surface area contributed by atoms with Crippen LogP contribution in [0.5, 0.6) is 0 Å². The minimum atomic E-state index is -1.84. The summed E-state index contributed by atoms with van der Waals surface area (Å²) >= 11 is 18.0. The monoisotopic (exact) mass is 375 g/mol. The molecule has 2 atom stereocenters. The van der Waals surface area contributed by atoms with E-state index in [9.17, 15) is 9.59 Å². The van der Waals surface area contributed by atoms with E-state index in [-0.39, 0.29) is 11.8 Å². The van der Waals surface area contributed by atoms with Crippen LogP contribution in [0.25, 0.3) is 0 Å². The molecular formula is C15H16Cl3N3O2. The average molecular weight is 377 g/mol. The summed E-state index contributed by atoms with van der Waals surface area (Å²) in [5.74, 6) is -1.54. The van der Waals surface area contributed by atoms with Crippen LogP contribution in [0.4, 0.5) is 5.69 Å². The molecule has 2 rings (SSSR count). The molecular weight excluding hydrogens is 361 g/mol. The van der Waals surface area contributed by atoms with Gasteiger partial charge in [0.1, 0.15) is 5.92 Å². The van der Waals surface area contributed by atoms with Gasteiger partial charge in [0, 0.05) is 6.92 Å². The number of nitrogens with one attached hydrogen (secondary N) is 1. The maximum absolute atomic E-state index is 12.8. The van der Waals surface area contributed by atoms with Crippen LogP contribution in [0.2, 0.25) is 0 Å². The largest absolute Gasteiger partial charge is 0.348 e. The number of carbonyl (C=O) groups excluding carboxylic acids is 2. The van der Waals surface area contributed by atoms with Gasteiger partial charge in [-0.05, 0) is 18.6 Å². The molecule has 5 nitrogen and oxygen atoms in total. The van der Waals surface area contributed by atoms with E-state index in [2.05, 4.69) is 10.4 Å². The smallest absolute Gasteiger partial charge is 0.258 e. The van der Waals surface area contributed by atoms with Gasteiger partial charge in [0.2, 0.25) is 9.70 Å². The fourth-order valence-electron chi connectivity index (χ4n) is 2.47. The lowest BCUT2D eigenvalue weighted by molar-refractivity contribution is -0.122. The first-order chi connectivity index (χ1) is 10.8. The third-order valence-corrected chi connectivity index (χ3v) is 4.18. The highest BCUT2D eigenvalue weighted by atomic mass is 35.6. The Morgan fingerprint density at radius 1 is 1.35 bits per heavy atom. The van der Waals surface area contributed by atoms with Crippen molar-refractivity contribution in [1.82, 2.24) is 5.32 Å². The molecule has 1 heterocycles. The lowest BCUT2D eigenvalue weighted by atomic mass is 9.93. The van der Waals surface area contributed by atoms with Crippen molar-refractivity contribution in [2.75, 3.05) is 5.01 Å². The number of carbonyl (C=O) groups is 2. The van der Waals surface area contributed by atoms with E-state index >= 15 is 0 Å². The average Bonchev–Trinajstić information content (AvgIpc) is 2.81. The van der Waals surface area contributed by atoms with Crippen LogP contribution in [0, 0.1) is 5.92 Å². The normalized spacial score (nSPS) is 19.5. The summed E-state index contributed by atoms with van der Waals surface area (Å²) in [7, 11) is 0. The van der Waals surface area contributed by atoms with Crippen molar-refractivity contribution in [3.05, 3.63) is 30.3 Å². The van der Waals surface area contributed by atoms with E-state index in [0.29, 0.717) is 17.8 Å². The molecule has 1 aromatic carbocycles. The van der Waals surface area contributed by atoms with Crippen LogP contribution in [0.15, 0.2) is 35.4 Å².